The van der Waals surface area contributed by atoms with E-state index in [1.54, 1.807) is 0 Å². The number of hydrogen-bond acceptors (Lipinski definition) is 3. The number of rotatable bonds is 21. The van der Waals surface area contributed by atoms with Gasteiger partial charge in [0.15, 0.2) is 0 Å². The van der Waals surface area contributed by atoms with Crippen LogP contribution in [0, 0.1) is 5.92 Å². The van der Waals surface area contributed by atoms with Crippen LogP contribution in [-0.2, 0) is 11.3 Å². The second kappa shape index (κ2) is 19.8. The Kier molecular flexibility index (Phi) is 16.5. The van der Waals surface area contributed by atoms with Crippen LogP contribution >= 0.6 is 0 Å². The van der Waals surface area contributed by atoms with Crippen LogP contribution in [-0.4, -0.2) is 34.7 Å². The van der Waals surface area contributed by atoms with Gasteiger partial charge in [-0.15, -0.1) is 0 Å². The topological polar surface area (TPSA) is 41.6 Å². The Balaban J connectivity index is 1.37. The monoisotopic (exact) mass is 597 g/mol. The smallest absolute Gasteiger partial charge is 0.410 e. The second-order valence-electron chi connectivity index (χ2n) is 14.5. The van der Waals surface area contributed by atoms with Gasteiger partial charge in [-0.25, -0.2) is 4.79 Å². The Labute approximate surface area is 266 Å². The average Bonchev–Trinajstić information content (AvgIpc) is 3.48. The van der Waals surface area contributed by atoms with Crippen molar-refractivity contribution < 1.29 is 9.53 Å². The van der Waals surface area contributed by atoms with Crippen LogP contribution in [0.2, 0.25) is 0 Å². The normalized spacial score (nSPS) is 23.1. The third kappa shape index (κ3) is 12.4. The van der Waals surface area contributed by atoms with E-state index in [1.807, 2.05) is 11.0 Å². The zero-order valence-corrected chi connectivity index (χ0v) is 28.8. The first-order valence-corrected chi connectivity index (χ1v) is 18.7. The number of ether oxygens (including phenoxy) is 1. The van der Waals surface area contributed by atoms with Crippen molar-refractivity contribution in [3.63, 3.8) is 0 Å². The molecule has 1 saturated carbocycles. The number of amides is 1. The average molecular weight is 597 g/mol. The molecule has 2 fully saturated rings. The number of unbranched alkanes of at least 4 members (excludes halogenated alkanes) is 15. The fourth-order valence-corrected chi connectivity index (χ4v) is 7.80. The molecule has 4 nitrogen and oxygen atoms in total. The van der Waals surface area contributed by atoms with Crippen molar-refractivity contribution in [2.75, 3.05) is 6.54 Å². The molecule has 1 aromatic carbocycles. The Morgan fingerprint density at radius 1 is 0.814 bits per heavy atom. The standard InChI is InChI=1S/C39H68N2O2/c1-5-7-8-9-10-11-12-13-14-15-16-17-18-19-20-26-31-41(33-35-27-22-21-23-28-35)37(42)43-36-32-38(4,6-2)40-39(34(36)3)29-24-25-30-39/h21-23,27-28,34,36,40H,5-20,24-26,29-33H2,1-4H3. The van der Waals surface area contributed by atoms with E-state index in [2.05, 4.69) is 57.3 Å². The number of nitrogens with zero attached hydrogens (tertiary/aromatic N) is 1. The third-order valence-corrected chi connectivity index (χ3v) is 10.9. The zero-order valence-electron chi connectivity index (χ0n) is 28.8. The van der Waals surface area contributed by atoms with Crippen LogP contribution < -0.4 is 5.32 Å². The van der Waals surface area contributed by atoms with Gasteiger partial charge in [0.05, 0.1) is 0 Å². The third-order valence-electron chi connectivity index (χ3n) is 10.9. The summed E-state index contributed by atoms with van der Waals surface area (Å²) in [5.74, 6) is 0.340. The molecule has 1 aliphatic heterocycles. The van der Waals surface area contributed by atoms with Crippen LogP contribution in [0.5, 0.6) is 0 Å². The SMILES string of the molecule is CCCCCCCCCCCCCCCCCCN(Cc1ccccc1)C(=O)OC1CC(C)(CC)NC2(CCCC2)C1C. The van der Waals surface area contributed by atoms with Gasteiger partial charge in [-0.2, -0.15) is 0 Å². The highest BCUT2D eigenvalue weighted by Crippen LogP contribution is 2.46. The molecule has 3 unspecified atom stereocenters. The van der Waals surface area contributed by atoms with Gasteiger partial charge in [-0.05, 0) is 38.2 Å². The molecule has 43 heavy (non-hydrogen) atoms. The van der Waals surface area contributed by atoms with E-state index < -0.39 is 0 Å². The molecule has 1 amide bonds. The van der Waals surface area contributed by atoms with Crippen molar-refractivity contribution >= 4 is 6.09 Å². The summed E-state index contributed by atoms with van der Waals surface area (Å²) in [4.78, 5) is 15.7. The van der Waals surface area contributed by atoms with E-state index in [9.17, 15) is 4.79 Å². The van der Waals surface area contributed by atoms with E-state index >= 15 is 0 Å². The summed E-state index contributed by atoms with van der Waals surface area (Å²) < 4.78 is 6.45. The molecule has 1 heterocycles. The molecule has 0 radical (unpaired) electrons. The zero-order chi connectivity index (χ0) is 30.8. The molecule has 246 valence electrons. The summed E-state index contributed by atoms with van der Waals surface area (Å²) in [5.41, 5.74) is 1.33. The number of carbonyl (C=O) groups is 1. The van der Waals surface area contributed by atoms with E-state index in [0.29, 0.717) is 12.5 Å². The maximum absolute atomic E-state index is 13.7. The summed E-state index contributed by atoms with van der Waals surface area (Å²) in [6, 6.07) is 10.4. The predicted molar refractivity (Wildman–Crippen MR) is 183 cm³/mol. The van der Waals surface area contributed by atoms with Crippen molar-refractivity contribution in [2.45, 2.75) is 193 Å². The molecular formula is C39H68N2O2. The fraction of sp³-hybridized carbons (Fsp3) is 0.821. The van der Waals surface area contributed by atoms with Gasteiger partial charge in [-0.1, -0.05) is 160 Å². The summed E-state index contributed by atoms with van der Waals surface area (Å²) in [6.07, 6.45) is 28.5. The Hall–Kier alpha value is -1.55. The van der Waals surface area contributed by atoms with E-state index in [0.717, 1.165) is 25.8 Å². The molecule has 0 bridgehead atoms. The van der Waals surface area contributed by atoms with E-state index in [4.69, 9.17) is 4.74 Å². The summed E-state index contributed by atoms with van der Waals surface area (Å²) in [6.45, 7) is 10.6. The highest BCUT2D eigenvalue weighted by atomic mass is 16.6. The van der Waals surface area contributed by atoms with Gasteiger partial charge in [0.1, 0.15) is 6.10 Å². The molecule has 4 heteroatoms. The lowest BCUT2D eigenvalue weighted by Gasteiger charge is -2.53. The minimum absolute atomic E-state index is 0.0270. The number of carbonyl (C=O) groups excluding carboxylic acids is 1. The van der Waals surface area contributed by atoms with Gasteiger partial charge in [0.2, 0.25) is 0 Å². The van der Waals surface area contributed by atoms with Gasteiger partial charge in [0, 0.05) is 36.5 Å². The van der Waals surface area contributed by atoms with Crippen molar-refractivity contribution in [3.8, 4) is 0 Å². The first-order chi connectivity index (χ1) is 20.9. The fourth-order valence-electron chi connectivity index (χ4n) is 7.80. The van der Waals surface area contributed by atoms with Crippen molar-refractivity contribution in [1.82, 2.24) is 10.2 Å². The maximum atomic E-state index is 13.7. The first-order valence-electron chi connectivity index (χ1n) is 18.7. The summed E-state index contributed by atoms with van der Waals surface area (Å²) in [7, 11) is 0. The minimum Gasteiger partial charge on any atom is -0.446 e. The molecule has 3 atom stereocenters. The molecule has 1 saturated heterocycles. The van der Waals surface area contributed by atoms with Gasteiger partial charge >= 0.3 is 6.09 Å². The van der Waals surface area contributed by atoms with Crippen LogP contribution in [0.1, 0.15) is 175 Å². The largest absolute Gasteiger partial charge is 0.446 e. The molecule has 3 rings (SSSR count). The number of nitrogens with one attached hydrogen (secondary N) is 1. The highest BCUT2D eigenvalue weighted by molar-refractivity contribution is 5.68. The molecule has 2 aliphatic rings. The van der Waals surface area contributed by atoms with Gasteiger partial charge in [0.25, 0.3) is 0 Å². The predicted octanol–water partition coefficient (Wildman–Crippen LogP) is 11.4. The molecule has 0 aromatic heterocycles. The highest BCUT2D eigenvalue weighted by Gasteiger charge is 2.52. The van der Waals surface area contributed by atoms with Crippen LogP contribution in [0.4, 0.5) is 4.79 Å². The number of piperidine rings is 1. The molecule has 1 aromatic rings. The van der Waals surface area contributed by atoms with Gasteiger partial charge < -0.3 is 15.0 Å². The molecule has 1 aliphatic carbocycles. The molecule has 1 N–H and O–H groups in total. The lowest BCUT2D eigenvalue weighted by Crippen LogP contribution is -2.67. The van der Waals surface area contributed by atoms with Gasteiger partial charge in [-0.3, -0.25) is 0 Å². The van der Waals surface area contributed by atoms with Crippen molar-refractivity contribution in [2.24, 2.45) is 5.92 Å². The van der Waals surface area contributed by atoms with Crippen molar-refractivity contribution in [1.29, 1.82) is 0 Å². The lowest BCUT2D eigenvalue weighted by molar-refractivity contribution is -0.0501. The van der Waals surface area contributed by atoms with Crippen LogP contribution in [0.3, 0.4) is 0 Å². The van der Waals surface area contributed by atoms with E-state index in [-0.39, 0.29) is 23.3 Å². The lowest BCUT2D eigenvalue weighted by atomic mass is 9.69. The first kappa shape index (κ1) is 35.9. The van der Waals surface area contributed by atoms with E-state index in [1.165, 1.54) is 128 Å². The van der Waals surface area contributed by atoms with Crippen LogP contribution in [0.25, 0.3) is 0 Å². The van der Waals surface area contributed by atoms with Crippen molar-refractivity contribution in [3.05, 3.63) is 35.9 Å². The Morgan fingerprint density at radius 2 is 1.33 bits per heavy atom. The molecular weight excluding hydrogens is 528 g/mol. The molecule has 1 spiro atoms. The quantitative estimate of drug-likeness (QED) is 0.144. The summed E-state index contributed by atoms with van der Waals surface area (Å²) in [5, 5.41) is 4.06. The number of hydrogen-bond donors (Lipinski definition) is 1. The Bertz CT molecular complexity index is 867. The Morgan fingerprint density at radius 3 is 1.84 bits per heavy atom. The maximum Gasteiger partial charge on any atom is 0.410 e. The second-order valence-corrected chi connectivity index (χ2v) is 14.5. The summed E-state index contributed by atoms with van der Waals surface area (Å²) >= 11 is 0. The minimum atomic E-state index is -0.116. The van der Waals surface area contributed by atoms with Crippen LogP contribution in [0.15, 0.2) is 30.3 Å². The number of benzene rings is 1.